The summed E-state index contributed by atoms with van der Waals surface area (Å²) in [5.41, 5.74) is 0. The maximum atomic E-state index is 9.14. The van der Waals surface area contributed by atoms with Crippen LogP contribution in [0, 0.1) is 0 Å². The fourth-order valence-corrected chi connectivity index (χ4v) is 2.33. The topological polar surface area (TPSA) is 54.8 Å². The predicted octanol–water partition coefficient (Wildman–Crippen LogP) is 1.78. The lowest BCUT2D eigenvalue weighted by atomic mass is 10.1. The number of rotatable bonds is 4. The summed E-state index contributed by atoms with van der Waals surface area (Å²) in [7, 11) is 0. The van der Waals surface area contributed by atoms with Crippen LogP contribution in [0.5, 0.6) is 11.5 Å². The smallest absolute Gasteiger partial charge is 0.231 e. The minimum atomic E-state index is 0.108. The molecule has 1 aromatic heterocycles. The number of hydrogen-bond donors (Lipinski definition) is 1. The third kappa shape index (κ3) is 2.06. The molecular weight excluding hydrogens is 244 g/mol. The van der Waals surface area contributed by atoms with Crippen LogP contribution < -0.4 is 14.4 Å². The molecule has 0 fully saturated rings. The molecule has 1 aliphatic rings. The van der Waals surface area contributed by atoms with Crippen molar-refractivity contribution >= 4 is 16.6 Å². The number of ether oxygens (including phenoxy) is 2. The van der Waals surface area contributed by atoms with E-state index in [2.05, 4.69) is 4.98 Å². The fraction of sp³-hybridized carbons (Fsp3) is 0.357. The zero-order valence-electron chi connectivity index (χ0n) is 10.8. The minimum Gasteiger partial charge on any atom is -0.454 e. The van der Waals surface area contributed by atoms with E-state index in [1.54, 1.807) is 6.20 Å². The van der Waals surface area contributed by atoms with E-state index in [0.717, 1.165) is 34.6 Å². The van der Waals surface area contributed by atoms with Gasteiger partial charge in [0, 0.05) is 24.7 Å². The number of pyridine rings is 1. The van der Waals surface area contributed by atoms with Gasteiger partial charge in [-0.2, -0.15) is 0 Å². The van der Waals surface area contributed by atoms with Gasteiger partial charge < -0.3 is 19.5 Å². The number of aliphatic hydroxyl groups excluding tert-OH is 1. The van der Waals surface area contributed by atoms with Gasteiger partial charge in [0.25, 0.3) is 0 Å². The van der Waals surface area contributed by atoms with Crippen LogP contribution in [0.3, 0.4) is 0 Å². The number of aromatic nitrogens is 1. The molecule has 19 heavy (non-hydrogen) atoms. The van der Waals surface area contributed by atoms with Crippen LogP contribution in [0.4, 0.5) is 5.82 Å². The number of fused-ring (bicyclic) bond motifs is 2. The van der Waals surface area contributed by atoms with E-state index in [0.29, 0.717) is 6.54 Å². The molecule has 1 aliphatic heterocycles. The van der Waals surface area contributed by atoms with Gasteiger partial charge in [-0.1, -0.05) is 0 Å². The van der Waals surface area contributed by atoms with Gasteiger partial charge in [-0.05, 0) is 30.5 Å². The van der Waals surface area contributed by atoms with Crippen molar-refractivity contribution in [1.29, 1.82) is 0 Å². The first-order valence-electron chi connectivity index (χ1n) is 6.37. The Morgan fingerprint density at radius 1 is 1.32 bits per heavy atom. The van der Waals surface area contributed by atoms with Crippen LogP contribution in [0.2, 0.25) is 0 Å². The van der Waals surface area contributed by atoms with Gasteiger partial charge in [0.1, 0.15) is 5.82 Å². The van der Waals surface area contributed by atoms with Crippen molar-refractivity contribution in [1.82, 2.24) is 4.98 Å². The monoisotopic (exact) mass is 260 g/mol. The summed E-state index contributed by atoms with van der Waals surface area (Å²) in [5, 5.41) is 11.2. The molecule has 100 valence electrons. The summed E-state index contributed by atoms with van der Waals surface area (Å²) in [6.45, 7) is 3.78. The SMILES string of the molecule is CCN(CCO)c1nccc2cc3c(cc12)OCO3. The molecule has 5 nitrogen and oxygen atoms in total. The van der Waals surface area contributed by atoms with Crippen LogP contribution in [0.15, 0.2) is 24.4 Å². The molecule has 0 aliphatic carbocycles. The summed E-state index contributed by atoms with van der Waals surface area (Å²) in [5.74, 6) is 2.39. The average Bonchev–Trinajstić information content (AvgIpc) is 2.89. The number of hydrogen-bond acceptors (Lipinski definition) is 5. The van der Waals surface area contributed by atoms with Crippen molar-refractivity contribution in [3.8, 4) is 11.5 Å². The Labute approximate surface area is 111 Å². The van der Waals surface area contributed by atoms with Gasteiger partial charge in [0.2, 0.25) is 6.79 Å². The summed E-state index contributed by atoms with van der Waals surface area (Å²) in [4.78, 5) is 6.49. The second-order valence-corrected chi connectivity index (χ2v) is 4.36. The molecule has 1 aromatic carbocycles. The lowest BCUT2D eigenvalue weighted by molar-refractivity contribution is 0.174. The molecule has 1 N–H and O–H groups in total. The summed E-state index contributed by atoms with van der Waals surface area (Å²) < 4.78 is 10.8. The highest BCUT2D eigenvalue weighted by atomic mass is 16.7. The zero-order chi connectivity index (χ0) is 13.2. The third-order valence-electron chi connectivity index (χ3n) is 3.29. The Bertz CT molecular complexity index is 601. The maximum absolute atomic E-state index is 9.14. The number of anilines is 1. The Kier molecular flexibility index (Phi) is 3.13. The van der Waals surface area contributed by atoms with Crippen LogP contribution in [0.1, 0.15) is 6.92 Å². The second kappa shape index (κ2) is 4.93. The van der Waals surface area contributed by atoms with Crippen molar-refractivity contribution < 1.29 is 14.6 Å². The largest absolute Gasteiger partial charge is 0.454 e. The molecule has 0 spiro atoms. The van der Waals surface area contributed by atoms with Crippen molar-refractivity contribution in [3.05, 3.63) is 24.4 Å². The van der Waals surface area contributed by atoms with E-state index in [1.165, 1.54) is 0 Å². The van der Waals surface area contributed by atoms with Crippen LogP contribution in [-0.4, -0.2) is 36.6 Å². The van der Waals surface area contributed by atoms with Gasteiger partial charge in [0.15, 0.2) is 11.5 Å². The first-order valence-corrected chi connectivity index (χ1v) is 6.37. The first-order chi connectivity index (χ1) is 9.33. The van der Waals surface area contributed by atoms with Gasteiger partial charge in [-0.15, -0.1) is 0 Å². The van der Waals surface area contributed by atoms with E-state index in [-0.39, 0.29) is 13.4 Å². The highest BCUT2D eigenvalue weighted by Crippen LogP contribution is 2.38. The van der Waals surface area contributed by atoms with E-state index in [9.17, 15) is 0 Å². The number of benzene rings is 1. The molecule has 0 saturated carbocycles. The molecule has 0 saturated heterocycles. The molecule has 0 amide bonds. The number of aliphatic hydroxyl groups is 1. The normalized spacial score (nSPS) is 12.9. The summed E-state index contributed by atoms with van der Waals surface area (Å²) in [6, 6.07) is 5.88. The van der Waals surface area contributed by atoms with Gasteiger partial charge >= 0.3 is 0 Å². The number of likely N-dealkylation sites (N-methyl/N-ethyl adjacent to an activating group) is 1. The standard InChI is InChI=1S/C14H16N2O3/c1-2-16(5-6-17)14-11-8-13-12(18-9-19-13)7-10(11)3-4-15-14/h3-4,7-8,17H,2,5-6,9H2,1H3. The van der Waals surface area contributed by atoms with Gasteiger partial charge in [-0.3, -0.25) is 0 Å². The molecule has 0 bridgehead atoms. The van der Waals surface area contributed by atoms with Crippen LogP contribution in [-0.2, 0) is 0 Å². The quantitative estimate of drug-likeness (QED) is 0.908. The average molecular weight is 260 g/mol. The zero-order valence-corrected chi connectivity index (χ0v) is 10.8. The minimum absolute atomic E-state index is 0.108. The van der Waals surface area contributed by atoms with Crippen molar-refractivity contribution in [2.75, 3.05) is 31.4 Å². The Balaban J connectivity index is 2.14. The van der Waals surface area contributed by atoms with Crippen molar-refractivity contribution in [2.45, 2.75) is 6.92 Å². The van der Waals surface area contributed by atoms with E-state index >= 15 is 0 Å². The van der Waals surface area contributed by atoms with Crippen molar-refractivity contribution in [2.24, 2.45) is 0 Å². The van der Waals surface area contributed by atoms with E-state index in [4.69, 9.17) is 14.6 Å². The maximum Gasteiger partial charge on any atom is 0.231 e. The molecular formula is C14H16N2O3. The molecule has 2 heterocycles. The molecule has 3 rings (SSSR count). The molecule has 0 atom stereocenters. The summed E-state index contributed by atoms with van der Waals surface area (Å²) >= 11 is 0. The first kappa shape index (κ1) is 12.0. The molecule has 0 radical (unpaired) electrons. The van der Waals surface area contributed by atoms with E-state index < -0.39 is 0 Å². The van der Waals surface area contributed by atoms with Crippen LogP contribution >= 0.6 is 0 Å². The van der Waals surface area contributed by atoms with Crippen molar-refractivity contribution in [3.63, 3.8) is 0 Å². The van der Waals surface area contributed by atoms with E-state index in [1.807, 2.05) is 30.0 Å². The molecule has 0 unspecified atom stereocenters. The Hall–Kier alpha value is -2.01. The van der Waals surface area contributed by atoms with Gasteiger partial charge in [-0.25, -0.2) is 4.98 Å². The molecule has 5 heteroatoms. The Morgan fingerprint density at radius 2 is 2.11 bits per heavy atom. The highest BCUT2D eigenvalue weighted by Gasteiger charge is 2.17. The van der Waals surface area contributed by atoms with Crippen LogP contribution in [0.25, 0.3) is 10.8 Å². The third-order valence-corrected chi connectivity index (χ3v) is 3.29. The lowest BCUT2D eigenvalue weighted by Crippen LogP contribution is -2.27. The highest BCUT2D eigenvalue weighted by molar-refractivity contribution is 5.94. The Morgan fingerprint density at radius 3 is 2.84 bits per heavy atom. The second-order valence-electron chi connectivity index (χ2n) is 4.36. The fourth-order valence-electron chi connectivity index (χ4n) is 2.33. The number of nitrogens with zero attached hydrogens (tertiary/aromatic N) is 2. The lowest BCUT2D eigenvalue weighted by Gasteiger charge is -2.22. The van der Waals surface area contributed by atoms with Gasteiger partial charge in [0.05, 0.1) is 6.61 Å². The predicted molar refractivity (Wildman–Crippen MR) is 72.8 cm³/mol. The molecule has 2 aromatic rings. The summed E-state index contributed by atoms with van der Waals surface area (Å²) in [6.07, 6.45) is 1.78.